The molecule has 0 radical (unpaired) electrons. The molecular formula is C10H12ClN3O. The average molecular weight is 226 g/mol. The van der Waals surface area contributed by atoms with Gasteiger partial charge >= 0.3 is 0 Å². The third-order valence-corrected chi connectivity index (χ3v) is 2.72. The number of halogens is 1. The molecule has 0 fully saturated rings. The van der Waals surface area contributed by atoms with Crippen LogP contribution in [0.15, 0.2) is 18.2 Å². The van der Waals surface area contributed by atoms with Crippen molar-refractivity contribution in [2.75, 3.05) is 6.54 Å². The number of hydrogen-bond donors (Lipinski definition) is 2. The van der Waals surface area contributed by atoms with Gasteiger partial charge < -0.3 is 10.8 Å². The lowest BCUT2D eigenvalue weighted by atomic mass is 10.1. The second kappa shape index (κ2) is 3.81. The van der Waals surface area contributed by atoms with Gasteiger partial charge in [-0.2, -0.15) is 5.10 Å². The summed E-state index contributed by atoms with van der Waals surface area (Å²) in [6, 6.07) is 5.51. The van der Waals surface area contributed by atoms with Crippen LogP contribution in [0.1, 0.15) is 11.7 Å². The van der Waals surface area contributed by atoms with E-state index in [0.717, 1.165) is 16.5 Å². The molecule has 80 valence electrons. The second-order valence-electron chi connectivity index (χ2n) is 3.44. The van der Waals surface area contributed by atoms with Crippen molar-refractivity contribution in [1.29, 1.82) is 0 Å². The van der Waals surface area contributed by atoms with Gasteiger partial charge in [-0.15, -0.1) is 0 Å². The van der Waals surface area contributed by atoms with Gasteiger partial charge in [0.2, 0.25) is 0 Å². The maximum atomic E-state index is 9.60. The predicted molar refractivity (Wildman–Crippen MR) is 59.7 cm³/mol. The van der Waals surface area contributed by atoms with Crippen LogP contribution in [-0.4, -0.2) is 21.4 Å². The topological polar surface area (TPSA) is 64.1 Å². The zero-order valence-electron chi connectivity index (χ0n) is 8.31. The van der Waals surface area contributed by atoms with Crippen molar-refractivity contribution in [3.8, 4) is 0 Å². The van der Waals surface area contributed by atoms with Crippen LogP contribution in [0.5, 0.6) is 0 Å². The van der Waals surface area contributed by atoms with Crippen molar-refractivity contribution in [2.45, 2.75) is 6.10 Å². The Morgan fingerprint density at radius 3 is 3.00 bits per heavy atom. The summed E-state index contributed by atoms with van der Waals surface area (Å²) >= 11 is 5.92. The number of aryl methyl sites for hydroxylation is 1. The molecule has 1 aromatic heterocycles. The Morgan fingerprint density at radius 1 is 1.60 bits per heavy atom. The highest BCUT2D eigenvalue weighted by Gasteiger charge is 2.10. The van der Waals surface area contributed by atoms with E-state index >= 15 is 0 Å². The molecule has 2 rings (SSSR count). The van der Waals surface area contributed by atoms with E-state index in [1.54, 1.807) is 4.68 Å². The molecule has 2 aromatic rings. The number of nitrogens with two attached hydrogens (primary N) is 1. The van der Waals surface area contributed by atoms with E-state index < -0.39 is 6.10 Å². The highest BCUT2D eigenvalue weighted by molar-refractivity contribution is 6.34. The van der Waals surface area contributed by atoms with Gasteiger partial charge in [-0.05, 0) is 17.7 Å². The quantitative estimate of drug-likeness (QED) is 0.808. The Bertz CT molecular complexity index is 495. The second-order valence-corrected chi connectivity index (χ2v) is 3.80. The first-order valence-electron chi connectivity index (χ1n) is 4.63. The molecule has 5 heteroatoms. The first-order valence-corrected chi connectivity index (χ1v) is 5.01. The van der Waals surface area contributed by atoms with E-state index in [-0.39, 0.29) is 6.54 Å². The minimum Gasteiger partial charge on any atom is -0.387 e. The zero-order chi connectivity index (χ0) is 11.0. The first-order chi connectivity index (χ1) is 7.13. The van der Waals surface area contributed by atoms with Gasteiger partial charge in [0.25, 0.3) is 0 Å². The Kier molecular flexibility index (Phi) is 2.65. The van der Waals surface area contributed by atoms with Crippen molar-refractivity contribution in [1.82, 2.24) is 9.78 Å². The van der Waals surface area contributed by atoms with Crippen LogP contribution in [0, 0.1) is 0 Å². The number of benzene rings is 1. The van der Waals surface area contributed by atoms with Crippen LogP contribution in [0.25, 0.3) is 10.9 Å². The van der Waals surface area contributed by atoms with E-state index in [4.69, 9.17) is 17.3 Å². The summed E-state index contributed by atoms with van der Waals surface area (Å²) in [5, 5.41) is 15.0. The number of aromatic nitrogens is 2. The molecule has 0 bridgehead atoms. The summed E-state index contributed by atoms with van der Waals surface area (Å²) in [7, 11) is 1.81. The van der Waals surface area contributed by atoms with Gasteiger partial charge in [-0.1, -0.05) is 17.7 Å². The SMILES string of the molecule is Cn1nc(Cl)c2ccc(C(O)CN)cc21. The summed E-state index contributed by atoms with van der Waals surface area (Å²) in [4.78, 5) is 0. The molecule has 1 heterocycles. The van der Waals surface area contributed by atoms with Crippen LogP contribution in [-0.2, 0) is 7.05 Å². The maximum Gasteiger partial charge on any atom is 0.158 e. The van der Waals surface area contributed by atoms with Crippen LogP contribution in [0.4, 0.5) is 0 Å². The summed E-state index contributed by atoms with van der Waals surface area (Å²) in [5.41, 5.74) is 7.07. The van der Waals surface area contributed by atoms with Gasteiger partial charge in [0, 0.05) is 19.0 Å². The number of aliphatic hydroxyl groups excluding tert-OH is 1. The molecule has 3 N–H and O–H groups in total. The molecule has 0 amide bonds. The van der Waals surface area contributed by atoms with Crippen LogP contribution < -0.4 is 5.73 Å². The fraction of sp³-hybridized carbons (Fsp3) is 0.300. The molecule has 0 aliphatic carbocycles. The molecule has 0 saturated carbocycles. The van der Waals surface area contributed by atoms with Gasteiger partial charge in [-0.3, -0.25) is 4.68 Å². The Balaban J connectivity index is 2.60. The van der Waals surface area contributed by atoms with E-state index in [0.29, 0.717) is 5.15 Å². The number of hydrogen-bond acceptors (Lipinski definition) is 3. The molecular weight excluding hydrogens is 214 g/mol. The fourth-order valence-electron chi connectivity index (χ4n) is 1.57. The van der Waals surface area contributed by atoms with E-state index in [9.17, 15) is 5.11 Å². The van der Waals surface area contributed by atoms with Gasteiger partial charge in [0.1, 0.15) is 0 Å². The van der Waals surface area contributed by atoms with Gasteiger partial charge in [0.05, 0.1) is 11.6 Å². The van der Waals surface area contributed by atoms with Gasteiger partial charge in [-0.25, -0.2) is 0 Å². The number of rotatable bonds is 2. The molecule has 15 heavy (non-hydrogen) atoms. The Labute approximate surface area is 92.3 Å². The van der Waals surface area contributed by atoms with Crippen molar-refractivity contribution >= 4 is 22.5 Å². The summed E-state index contributed by atoms with van der Waals surface area (Å²) < 4.78 is 1.68. The molecule has 4 nitrogen and oxygen atoms in total. The lowest BCUT2D eigenvalue weighted by Crippen LogP contribution is -2.11. The maximum absolute atomic E-state index is 9.60. The summed E-state index contributed by atoms with van der Waals surface area (Å²) in [5.74, 6) is 0. The highest BCUT2D eigenvalue weighted by Crippen LogP contribution is 2.25. The smallest absolute Gasteiger partial charge is 0.158 e. The van der Waals surface area contributed by atoms with E-state index in [1.165, 1.54) is 0 Å². The van der Waals surface area contributed by atoms with E-state index in [2.05, 4.69) is 5.10 Å². The van der Waals surface area contributed by atoms with Crippen molar-refractivity contribution in [3.05, 3.63) is 28.9 Å². The summed E-state index contributed by atoms with van der Waals surface area (Å²) in [6.07, 6.45) is -0.636. The highest BCUT2D eigenvalue weighted by atomic mass is 35.5. The van der Waals surface area contributed by atoms with Crippen LogP contribution in [0.2, 0.25) is 5.15 Å². The predicted octanol–water partition coefficient (Wildman–Crippen LogP) is 1.22. The average Bonchev–Trinajstić information content (AvgIpc) is 2.53. The molecule has 0 aliphatic rings. The monoisotopic (exact) mass is 225 g/mol. The van der Waals surface area contributed by atoms with Crippen molar-refractivity contribution < 1.29 is 5.11 Å². The van der Waals surface area contributed by atoms with Crippen molar-refractivity contribution in [2.24, 2.45) is 12.8 Å². The molecule has 0 spiro atoms. The third-order valence-electron chi connectivity index (χ3n) is 2.44. The lowest BCUT2D eigenvalue weighted by molar-refractivity contribution is 0.187. The molecule has 1 atom stereocenters. The zero-order valence-corrected chi connectivity index (χ0v) is 9.07. The van der Waals surface area contributed by atoms with Crippen LogP contribution >= 0.6 is 11.6 Å². The van der Waals surface area contributed by atoms with E-state index in [1.807, 2.05) is 25.2 Å². The number of nitrogens with zero attached hydrogens (tertiary/aromatic N) is 2. The lowest BCUT2D eigenvalue weighted by Gasteiger charge is -2.07. The normalized spacial score (nSPS) is 13.3. The standard InChI is InChI=1S/C10H12ClN3O/c1-14-8-4-6(9(15)5-12)2-3-7(8)10(11)13-14/h2-4,9,15H,5,12H2,1H3. The molecule has 0 aliphatic heterocycles. The largest absolute Gasteiger partial charge is 0.387 e. The fourth-order valence-corrected chi connectivity index (χ4v) is 1.85. The third kappa shape index (κ3) is 1.71. The minimum absolute atomic E-state index is 0.205. The minimum atomic E-state index is -0.636. The number of fused-ring (bicyclic) bond motifs is 1. The van der Waals surface area contributed by atoms with Crippen molar-refractivity contribution in [3.63, 3.8) is 0 Å². The Hall–Kier alpha value is -1.10. The molecule has 1 unspecified atom stereocenters. The molecule has 0 saturated heterocycles. The van der Waals surface area contributed by atoms with Gasteiger partial charge in [0.15, 0.2) is 5.15 Å². The first kappa shape index (κ1) is 10.4. The Morgan fingerprint density at radius 2 is 2.33 bits per heavy atom. The summed E-state index contributed by atoms with van der Waals surface area (Å²) in [6.45, 7) is 0.205. The molecule has 1 aromatic carbocycles. The number of aliphatic hydroxyl groups is 1. The van der Waals surface area contributed by atoms with Crippen LogP contribution in [0.3, 0.4) is 0 Å².